The summed E-state index contributed by atoms with van der Waals surface area (Å²) in [5.41, 5.74) is 5.70. The van der Waals surface area contributed by atoms with Crippen LogP contribution in [0.1, 0.15) is 51.3 Å². The molecule has 5 aromatic rings. The standard InChI is InChI=1S/C33H27FN4O4.C3H6O/c1-38-29-15-22(33(39)40-2)10-11-28(29)36-31(38)16-24-14-26(34)25-17-30(24)41-12-4-5-21-13-20(8-9-23(21)18-35)19-42-32-7-3-6-27(25)37-32;1-2-4-3-1/h3,6-11,13-15,17H,4-5,12,16,19H2,1-2H3;1-3H2. The molecule has 0 aliphatic carbocycles. The normalized spacial score (nSPS) is 13.8. The molecule has 2 aliphatic heterocycles. The number of aromatic nitrogens is 3. The lowest BCUT2D eigenvalue weighted by Gasteiger charge is -2.15. The first kappa shape index (κ1) is 30.7. The molecule has 2 aliphatic rings. The van der Waals surface area contributed by atoms with Gasteiger partial charge in [0.05, 0.1) is 47.6 Å². The predicted octanol–water partition coefficient (Wildman–Crippen LogP) is 6.33. The van der Waals surface area contributed by atoms with Crippen molar-refractivity contribution in [1.29, 1.82) is 5.26 Å². The Morgan fingerprint density at radius 3 is 2.61 bits per heavy atom. The molecule has 1 saturated heterocycles. The molecule has 9 nitrogen and oxygen atoms in total. The second-order valence-electron chi connectivity index (χ2n) is 11.1. The van der Waals surface area contributed by atoms with Crippen molar-refractivity contribution in [3.05, 3.63) is 106 Å². The fraction of sp³-hybridized carbons (Fsp3) is 0.278. The van der Waals surface area contributed by atoms with E-state index in [0.717, 1.165) is 29.9 Å². The number of aryl methyl sites for hydroxylation is 2. The van der Waals surface area contributed by atoms with Crippen molar-refractivity contribution in [3.8, 4) is 29.0 Å². The van der Waals surface area contributed by atoms with Gasteiger partial charge in [-0.05, 0) is 72.9 Å². The molecule has 1 fully saturated rings. The van der Waals surface area contributed by atoms with E-state index < -0.39 is 11.8 Å². The molecule has 2 aromatic heterocycles. The first-order valence-electron chi connectivity index (χ1n) is 15.1. The van der Waals surface area contributed by atoms with Gasteiger partial charge < -0.3 is 23.5 Å². The smallest absolute Gasteiger partial charge is 0.337 e. The number of hydrogen-bond donors (Lipinski definition) is 0. The number of esters is 1. The molecule has 234 valence electrons. The predicted molar refractivity (Wildman–Crippen MR) is 169 cm³/mol. The topological polar surface area (TPSA) is 108 Å². The van der Waals surface area contributed by atoms with Crippen molar-refractivity contribution in [2.75, 3.05) is 26.9 Å². The van der Waals surface area contributed by atoms with Gasteiger partial charge >= 0.3 is 5.97 Å². The Bertz CT molecular complexity index is 1940. The van der Waals surface area contributed by atoms with Gasteiger partial charge in [-0.25, -0.2) is 19.2 Å². The van der Waals surface area contributed by atoms with Crippen LogP contribution in [0.15, 0.2) is 66.7 Å². The molecule has 10 heteroatoms. The largest absolute Gasteiger partial charge is 0.493 e. The fourth-order valence-electron chi connectivity index (χ4n) is 5.32. The Kier molecular flexibility index (Phi) is 9.22. The van der Waals surface area contributed by atoms with Gasteiger partial charge in [-0.3, -0.25) is 0 Å². The lowest BCUT2D eigenvalue weighted by molar-refractivity contribution is 0.0367. The van der Waals surface area contributed by atoms with Crippen LogP contribution in [0.25, 0.3) is 22.3 Å². The van der Waals surface area contributed by atoms with Gasteiger partial charge in [-0.15, -0.1) is 0 Å². The maximum absolute atomic E-state index is 15.7. The third-order valence-corrected chi connectivity index (χ3v) is 7.99. The second-order valence-corrected chi connectivity index (χ2v) is 11.1. The molecule has 0 saturated carbocycles. The highest BCUT2D eigenvalue weighted by Gasteiger charge is 2.19. The molecule has 0 amide bonds. The first-order valence-corrected chi connectivity index (χ1v) is 15.1. The van der Waals surface area contributed by atoms with Crippen LogP contribution >= 0.6 is 0 Å². The number of ether oxygens (including phenoxy) is 4. The highest BCUT2D eigenvalue weighted by molar-refractivity contribution is 5.93. The summed E-state index contributed by atoms with van der Waals surface area (Å²) in [6.45, 7) is 2.64. The molecule has 0 radical (unpaired) electrons. The van der Waals surface area contributed by atoms with E-state index in [1.54, 1.807) is 48.5 Å². The SMILES string of the molecule is C1COC1.COC(=O)c1ccc2nc(Cc3cc(F)c4cc3OCCCc3cc(ccc3C#N)COc3cccc-4n3)n(C)c2c1. The molecule has 4 heterocycles. The van der Waals surface area contributed by atoms with Crippen LogP contribution in [0.3, 0.4) is 0 Å². The van der Waals surface area contributed by atoms with Gasteiger partial charge in [0.1, 0.15) is 24.0 Å². The number of rotatable bonds is 3. The van der Waals surface area contributed by atoms with Crippen molar-refractivity contribution in [1.82, 2.24) is 14.5 Å². The van der Waals surface area contributed by atoms with Crippen LogP contribution in [0.4, 0.5) is 4.39 Å². The highest BCUT2D eigenvalue weighted by Crippen LogP contribution is 2.33. The summed E-state index contributed by atoms with van der Waals surface area (Å²) in [7, 11) is 3.20. The number of carbonyl (C=O) groups excluding carboxylic acids is 1. The summed E-state index contributed by atoms with van der Waals surface area (Å²) in [5, 5.41) is 9.60. The third-order valence-electron chi connectivity index (χ3n) is 7.99. The quantitative estimate of drug-likeness (QED) is 0.215. The molecule has 3 aromatic carbocycles. The minimum absolute atomic E-state index is 0.275. The van der Waals surface area contributed by atoms with Crippen LogP contribution < -0.4 is 9.47 Å². The Hall–Kier alpha value is -5.27. The second kappa shape index (κ2) is 13.8. The number of fused-ring (bicyclic) bond motifs is 8. The van der Waals surface area contributed by atoms with Crippen LogP contribution in [0.5, 0.6) is 11.6 Å². The van der Waals surface area contributed by atoms with Crippen molar-refractivity contribution >= 4 is 17.0 Å². The van der Waals surface area contributed by atoms with Gasteiger partial charge in [0.15, 0.2) is 0 Å². The number of benzene rings is 3. The Morgan fingerprint density at radius 2 is 1.85 bits per heavy atom. The highest BCUT2D eigenvalue weighted by atomic mass is 19.1. The molecule has 0 atom stereocenters. The maximum atomic E-state index is 15.7. The number of hydrogen-bond acceptors (Lipinski definition) is 8. The summed E-state index contributed by atoms with van der Waals surface area (Å²) in [4.78, 5) is 21.3. The van der Waals surface area contributed by atoms with Gasteiger partial charge in [0, 0.05) is 43.9 Å². The molecule has 0 spiro atoms. The minimum atomic E-state index is -0.441. The van der Waals surface area contributed by atoms with E-state index in [1.165, 1.54) is 19.6 Å². The molecule has 7 rings (SSSR count). The Morgan fingerprint density at radius 1 is 1.02 bits per heavy atom. The van der Waals surface area contributed by atoms with Gasteiger partial charge in [-0.1, -0.05) is 18.2 Å². The van der Waals surface area contributed by atoms with Crippen molar-refractivity contribution in [2.45, 2.75) is 32.3 Å². The van der Waals surface area contributed by atoms with E-state index >= 15 is 4.39 Å². The van der Waals surface area contributed by atoms with E-state index in [2.05, 4.69) is 11.1 Å². The minimum Gasteiger partial charge on any atom is -0.493 e. The first-order chi connectivity index (χ1) is 22.4. The molecule has 0 N–H and O–H groups in total. The molecule has 6 bridgehead atoms. The average Bonchev–Trinajstić information content (AvgIpc) is 3.35. The van der Waals surface area contributed by atoms with Crippen molar-refractivity contribution < 1.29 is 28.1 Å². The van der Waals surface area contributed by atoms with Crippen molar-refractivity contribution in [3.63, 3.8) is 0 Å². The number of nitriles is 1. The summed E-state index contributed by atoms with van der Waals surface area (Å²) in [6.07, 6.45) is 2.86. The molecular formula is C36H33FN4O5. The van der Waals surface area contributed by atoms with E-state index in [4.69, 9.17) is 23.9 Å². The fourth-order valence-corrected chi connectivity index (χ4v) is 5.32. The van der Waals surface area contributed by atoms with E-state index in [0.29, 0.717) is 76.8 Å². The van der Waals surface area contributed by atoms with Crippen LogP contribution in [-0.2, 0) is 36.0 Å². The van der Waals surface area contributed by atoms with E-state index in [1.807, 2.05) is 23.7 Å². The zero-order chi connectivity index (χ0) is 32.0. The average molecular weight is 621 g/mol. The summed E-state index contributed by atoms with van der Waals surface area (Å²) in [6, 6.07) is 21.5. The van der Waals surface area contributed by atoms with Crippen LogP contribution in [-0.4, -0.2) is 47.4 Å². The van der Waals surface area contributed by atoms with E-state index in [-0.39, 0.29) is 6.61 Å². The van der Waals surface area contributed by atoms with Gasteiger partial charge in [0.25, 0.3) is 0 Å². The lowest BCUT2D eigenvalue weighted by atomic mass is 10.0. The van der Waals surface area contributed by atoms with Crippen molar-refractivity contribution in [2.24, 2.45) is 7.05 Å². The third kappa shape index (κ3) is 6.70. The monoisotopic (exact) mass is 620 g/mol. The number of carbonyl (C=O) groups is 1. The summed E-state index contributed by atoms with van der Waals surface area (Å²) in [5.74, 6) is 0.693. The number of nitrogens with zero attached hydrogens (tertiary/aromatic N) is 4. The van der Waals surface area contributed by atoms with Gasteiger partial charge in [-0.2, -0.15) is 5.26 Å². The zero-order valence-corrected chi connectivity index (χ0v) is 25.7. The summed E-state index contributed by atoms with van der Waals surface area (Å²) >= 11 is 0. The van der Waals surface area contributed by atoms with Crippen LogP contribution in [0.2, 0.25) is 0 Å². The molecule has 0 unspecified atom stereocenters. The molecule has 46 heavy (non-hydrogen) atoms. The number of pyridine rings is 1. The Labute approximate surface area is 266 Å². The number of methoxy groups -OCH3 is 1. The van der Waals surface area contributed by atoms with E-state index in [9.17, 15) is 10.1 Å². The summed E-state index contributed by atoms with van der Waals surface area (Å²) < 4.78 is 39.3. The number of imidazole rings is 1. The maximum Gasteiger partial charge on any atom is 0.337 e. The Balaban J connectivity index is 0.000000863. The van der Waals surface area contributed by atoms with Crippen LogP contribution in [0, 0.1) is 17.1 Å². The zero-order valence-electron chi connectivity index (χ0n) is 25.7. The molecular weight excluding hydrogens is 587 g/mol. The lowest BCUT2D eigenvalue weighted by Crippen LogP contribution is -2.09. The number of halogens is 1. The van der Waals surface area contributed by atoms with Gasteiger partial charge in [0.2, 0.25) is 5.88 Å².